The Balaban J connectivity index is 1.39. The van der Waals surface area contributed by atoms with E-state index in [4.69, 9.17) is 9.72 Å². The molecule has 3 aromatic heterocycles. The second kappa shape index (κ2) is 6.19. The van der Waals surface area contributed by atoms with Crippen molar-refractivity contribution in [1.82, 2.24) is 19.6 Å². The van der Waals surface area contributed by atoms with Crippen LogP contribution in [0.2, 0.25) is 0 Å². The number of piperidine rings is 1. The third-order valence-corrected chi connectivity index (χ3v) is 7.04. The van der Waals surface area contributed by atoms with Gasteiger partial charge < -0.3 is 9.64 Å². The van der Waals surface area contributed by atoms with E-state index in [-0.39, 0.29) is 0 Å². The molecule has 0 amide bonds. The molecule has 1 aliphatic carbocycles. The van der Waals surface area contributed by atoms with Crippen molar-refractivity contribution in [3.63, 3.8) is 0 Å². The fraction of sp³-hybridized carbons (Fsp3) is 0.450. The molecule has 0 N–H and O–H groups in total. The van der Waals surface area contributed by atoms with E-state index in [1.54, 1.807) is 7.11 Å². The molecule has 0 aromatic carbocycles. The van der Waals surface area contributed by atoms with Crippen LogP contribution in [-0.2, 0) is 12.8 Å². The molecule has 0 saturated carbocycles. The van der Waals surface area contributed by atoms with Crippen LogP contribution < -0.4 is 9.64 Å². The van der Waals surface area contributed by atoms with Gasteiger partial charge in [-0.15, -0.1) is 0 Å². The molecule has 0 bridgehead atoms. The Bertz CT molecular complexity index is 1020. The molecule has 1 saturated heterocycles. The number of hydrogen-bond donors (Lipinski definition) is 0. The van der Waals surface area contributed by atoms with Crippen LogP contribution in [0.3, 0.4) is 0 Å². The number of anilines is 1. The molecule has 140 valence electrons. The molecule has 1 fully saturated rings. The fourth-order valence-corrected chi connectivity index (χ4v) is 4.96. The van der Waals surface area contributed by atoms with Crippen LogP contribution in [0.25, 0.3) is 5.52 Å². The van der Waals surface area contributed by atoms with Gasteiger partial charge in [0.1, 0.15) is 15.9 Å². The van der Waals surface area contributed by atoms with Crippen LogP contribution in [0.15, 0.2) is 29.1 Å². The first-order chi connectivity index (χ1) is 13.1. The Labute approximate surface area is 166 Å². The number of nitrogens with zero attached hydrogens (tertiary/aromatic N) is 5. The van der Waals surface area contributed by atoms with Gasteiger partial charge in [-0.25, -0.2) is 9.50 Å². The summed E-state index contributed by atoms with van der Waals surface area (Å²) in [5.41, 5.74) is 4.97. The molecule has 1 aliphatic heterocycles. The number of ether oxygens (including phenoxy) is 1. The minimum Gasteiger partial charge on any atom is -0.495 e. The molecule has 0 unspecified atom stereocenters. The van der Waals surface area contributed by atoms with Crippen molar-refractivity contribution < 1.29 is 4.74 Å². The Morgan fingerprint density at radius 2 is 2.04 bits per heavy atom. The number of methoxy groups -OCH3 is 1. The van der Waals surface area contributed by atoms with E-state index in [0.29, 0.717) is 5.41 Å². The molecule has 0 radical (unpaired) electrons. The van der Waals surface area contributed by atoms with Gasteiger partial charge in [-0.2, -0.15) is 5.10 Å². The summed E-state index contributed by atoms with van der Waals surface area (Å²) in [6.07, 6.45) is 8.18. The molecule has 2 aliphatic rings. The molecular weight excluding hydrogens is 406 g/mol. The fourth-order valence-electron chi connectivity index (χ4n) is 4.59. The van der Waals surface area contributed by atoms with Gasteiger partial charge in [0, 0.05) is 18.8 Å². The molecule has 27 heavy (non-hydrogen) atoms. The SMILES string of the molecule is COc1cnc2c(c1)CC1(CCN(c3nc(C)c(Br)n4nccc34)CC1)C2. The molecule has 7 heteroatoms. The summed E-state index contributed by atoms with van der Waals surface area (Å²) in [7, 11) is 1.71. The Morgan fingerprint density at radius 3 is 2.81 bits per heavy atom. The zero-order valence-corrected chi connectivity index (χ0v) is 17.2. The molecule has 4 heterocycles. The van der Waals surface area contributed by atoms with E-state index in [1.165, 1.54) is 11.3 Å². The zero-order valence-electron chi connectivity index (χ0n) is 15.6. The summed E-state index contributed by atoms with van der Waals surface area (Å²) in [6, 6.07) is 4.21. The minimum absolute atomic E-state index is 0.332. The van der Waals surface area contributed by atoms with Crippen LogP contribution in [0.4, 0.5) is 5.82 Å². The molecule has 0 atom stereocenters. The summed E-state index contributed by atoms with van der Waals surface area (Å²) in [4.78, 5) is 11.9. The normalized spacial score (nSPS) is 18.3. The van der Waals surface area contributed by atoms with Crippen molar-refractivity contribution in [2.24, 2.45) is 5.41 Å². The van der Waals surface area contributed by atoms with Gasteiger partial charge in [-0.05, 0) is 71.6 Å². The van der Waals surface area contributed by atoms with Crippen molar-refractivity contribution in [2.75, 3.05) is 25.1 Å². The first-order valence-electron chi connectivity index (χ1n) is 9.35. The largest absolute Gasteiger partial charge is 0.495 e. The lowest BCUT2D eigenvalue weighted by atomic mass is 9.76. The lowest BCUT2D eigenvalue weighted by Crippen LogP contribution is -2.41. The van der Waals surface area contributed by atoms with Crippen LogP contribution in [0.1, 0.15) is 29.8 Å². The molecule has 6 nitrogen and oxygen atoms in total. The van der Waals surface area contributed by atoms with E-state index in [1.807, 2.05) is 29.9 Å². The number of aryl methyl sites for hydroxylation is 1. The molecule has 5 rings (SSSR count). The van der Waals surface area contributed by atoms with Gasteiger partial charge >= 0.3 is 0 Å². The highest BCUT2D eigenvalue weighted by molar-refractivity contribution is 9.10. The maximum Gasteiger partial charge on any atom is 0.155 e. The van der Waals surface area contributed by atoms with E-state index in [0.717, 1.165) is 66.2 Å². The monoisotopic (exact) mass is 427 g/mol. The third-order valence-electron chi connectivity index (χ3n) is 6.13. The van der Waals surface area contributed by atoms with E-state index < -0.39 is 0 Å². The van der Waals surface area contributed by atoms with E-state index in [2.05, 4.69) is 37.0 Å². The maximum atomic E-state index is 5.35. The van der Waals surface area contributed by atoms with E-state index >= 15 is 0 Å². The first kappa shape index (κ1) is 17.0. The lowest BCUT2D eigenvalue weighted by Gasteiger charge is -2.40. The van der Waals surface area contributed by atoms with Gasteiger partial charge in [-0.1, -0.05) is 0 Å². The van der Waals surface area contributed by atoms with Crippen molar-refractivity contribution in [3.8, 4) is 5.75 Å². The van der Waals surface area contributed by atoms with Crippen LogP contribution in [-0.4, -0.2) is 39.8 Å². The van der Waals surface area contributed by atoms with Crippen molar-refractivity contribution in [3.05, 3.63) is 46.1 Å². The molecular formula is C20H22BrN5O. The number of fused-ring (bicyclic) bond motifs is 2. The third kappa shape index (κ3) is 2.71. The Hall–Kier alpha value is -2.15. The van der Waals surface area contributed by atoms with Gasteiger partial charge in [0.2, 0.25) is 0 Å². The lowest BCUT2D eigenvalue weighted by molar-refractivity contribution is 0.231. The number of rotatable bonds is 2. The second-order valence-corrected chi connectivity index (χ2v) is 8.51. The summed E-state index contributed by atoms with van der Waals surface area (Å²) in [5.74, 6) is 1.90. The van der Waals surface area contributed by atoms with Crippen LogP contribution in [0, 0.1) is 12.3 Å². The minimum atomic E-state index is 0.332. The van der Waals surface area contributed by atoms with Gasteiger partial charge in [0.05, 0.1) is 25.2 Å². The number of aromatic nitrogens is 4. The van der Waals surface area contributed by atoms with Crippen molar-refractivity contribution in [2.45, 2.75) is 32.6 Å². The maximum absolute atomic E-state index is 5.35. The Morgan fingerprint density at radius 1 is 1.22 bits per heavy atom. The Kier molecular flexibility index (Phi) is 3.89. The predicted molar refractivity (Wildman–Crippen MR) is 108 cm³/mol. The summed E-state index contributed by atoms with van der Waals surface area (Å²) < 4.78 is 8.21. The van der Waals surface area contributed by atoms with Gasteiger partial charge in [0.25, 0.3) is 0 Å². The average Bonchev–Trinajstić information content (AvgIpc) is 3.29. The second-order valence-electron chi connectivity index (χ2n) is 7.76. The highest BCUT2D eigenvalue weighted by atomic mass is 79.9. The highest BCUT2D eigenvalue weighted by Gasteiger charge is 2.41. The topological polar surface area (TPSA) is 55.5 Å². The smallest absolute Gasteiger partial charge is 0.155 e. The predicted octanol–water partition coefficient (Wildman–Crippen LogP) is 3.59. The van der Waals surface area contributed by atoms with E-state index in [9.17, 15) is 0 Å². The van der Waals surface area contributed by atoms with Crippen LogP contribution >= 0.6 is 15.9 Å². The average molecular weight is 428 g/mol. The highest BCUT2D eigenvalue weighted by Crippen LogP contribution is 2.45. The summed E-state index contributed by atoms with van der Waals surface area (Å²) in [6.45, 7) is 4.05. The molecule has 1 spiro atoms. The quantitative estimate of drug-likeness (QED) is 0.625. The zero-order chi connectivity index (χ0) is 18.6. The molecule has 3 aromatic rings. The number of hydrogen-bond acceptors (Lipinski definition) is 5. The van der Waals surface area contributed by atoms with Crippen LogP contribution in [0.5, 0.6) is 5.75 Å². The first-order valence-corrected chi connectivity index (χ1v) is 10.1. The van der Waals surface area contributed by atoms with Gasteiger partial charge in [-0.3, -0.25) is 4.98 Å². The summed E-state index contributed by atoms with van der Waals surface area (Å²) >= 11 is 3.60. The van der Waals surface area contributed by atoms with Gasteiger partial charge in [0.15, 0.2) is 5.82 Å². The number of halogens is 1. The standard InChI is InChI=1S/C20H22BrN5O/c1-13-18(21)26-17(3-6-23-26)19(24-13)25-7-4-20(5-8-25)10-14-9-15(27-2)12-22-16(14)11-20/h3,6,9,12H,4-5,7-8,10-11H2,1-2H3. The number of pyridine rings is 1. The van der Waals surface area contributed by atoms with Crippen molar-refractivity contribution >= 4 is 27.3 Å². The van der Waals surface area contributed by atoms with Crippen molar-refractivity contribution in [1.29, 1.82) is 0 Å². The summed E-state index contributed by atoms with van der Waals surface area (Å²) in [5, 5.41) is 4.43.